The van der Waals surface area contributed by atoms with Crippen molar-refractivity contribution in [3.8, 4) is 0 Å². The van der Waals surface area contributed by atoms with E-state index in [0.29, 0.717) is 0 Å². The van der Waals surface area contributed by atoms with Crippen LogP contribution < -0.4 is 5.32 Å². The summed E-state index contributed by atoms with van der Waals surface area (Å²) < 4.78 is 5.65. The van der Waals surface area contributed by atoms with Crippen LogP contribution in [0.4, 0.5) is 0 Å². The van der Waals surface area contributed by atoms with Gasteiger partial charge in [-0.3, -0.25) is 0 Å². The first-order valence-electron chi connectivity index (χ1n) is 5.90. The molecule has 1 heterocycles. The van der Waals surface area contributed by atoms with Crippen LogP contribution in [0.15, 0.2) is 23.1 Å². The van der Waals surface area contributed by atoms with Crippen LogP contribution in [-0.4, -0.2) is 13.2 Å². The lowest BCUT2D eigenvalue weighted by molar-refractivity contribution is 0.195. The van der Waals surface area contributed by atoms with Gasteiger partial charge in [-0.25, -0.2) is 0 Å². The first-order chi connectivity index (χ1) is 7.20. The molecule has 0 aliphatic carbocycles. The lowest BCUT2D eigenvalue weighted by Gasteiger charge is -2.18. The van der Waals surface area contributed by atoms with Crippen molar-refractivity contribution in [2.24, 2.45) is 0 Å². The highest BCUT2D eigenvalue weighted by Crippen LogP contribution is 2.13. The molecule has 0 spiro atoms. The van der Waals surface area contributed by atoms with Crippen molar-refractivity contribution in [3.63, 3.8) is 0 Å². The maximum atomic E-state index is 5.65. The van der Waals surface area contributed by atoms with Crippen LogP contribution in [0.3, 0.4) is 0 Å². The molecule has 0 radical (unpaired) electrons. The van der Waals surface area contributed by atoms with Crippen LogP contribution in [-0.2, 0) is 4.74 Å². The SMILES string of the molecule is CC(C)=CCC/C1=C(\C)OCCCCN1. The first-order valence-corrected chi connectivity index (χ1v) is 5.90. The molecule has 2 heteroatoms. The molecule has 1 aliphatic rings. The monoisotopic (exact) mass is 209 g/mol. The molecule has 1 aliphatic heterocycles. The number of rotatable bonds is 3. The van der Waals surface area contributed by atoms with E-state index in [1.54, 1.807) is 0 Å². The second-order valence-electron chi connectivity index (χ2n) is 4.34. The van der Waals surface area contributed by atoms with Gasteiger partial charge < -0.3 is 10.1 Å². The maximum absolute atomic E-state index is 5.65. The van der Waals surface area contributed by atoms with Crippen LogP contribution in [0.25, 0.3) is 0 Å². The van der Waals surface area contributed by atoms with Gasteiger partial charge in [-0.15, -0.1) is 0 Å². The Morgan fingerprint density at radius 2 is 2.20 bits per heavy atom. The first kappa shape index (κ1) is 12.2. The summed E-state index contributed by atoms with van der Waals surface area (Å²) in [6, 6.07) is 0. The van der Waals surface area contributed by atoms with Crippen LogP contribution in [0.2, 0.25) is 0 Å². The van der Waals surface area contributed by atoms with E-state index in [2.05, 4.69) is 32.2 Å². The van der Waals surface area contributed by atoms with Gasteiger partial charge >= 0.3 is 0 Å². The molecular formula is C13H23NO. The van der Waals surface area contributed by atoms with Gasteiger partial charge in [-0.2, -0.15) is 0 Å². The van der Waals surface area contributed by atoms with E-state index in [9.17, 15) is 0 Å². The second-order valence-corrected chi connectivity index (χ2v) is 4.34. The third-order valence-corrected chi connectivity index (χ3v) is 2.60. The molecule has 0 bridgehead atoms. The molecule has 1 rings (SSSR count). The lowest BCUT2D eigenvalue weighted by atomic mass is 10.1. The largest absolute Gasteiger partial charge is 0.496 e. The highest BCUT2D eigenvalue weighted by atomic mass is 16.5. The van der Waals surface area contributed by atoms with Crippen molar-refractivity contribution < 1.29 is 4.74 Å². The zero-order chi connectivity index (χ0) is 11.1. The number of ether oxygens (including phenoxy) is 1. The Labute approximate surface area is 93.4 Å². The predicted octanol–water partition coefficient (Wildman–Crippen LogP) is 3.36. The second kappa shape index (κ2) is 6.54. The molecule has 0 atom stereocenters. The molecule has 0 unspecified atom stereocenters. The third kappa shape index (κ3) is 4.91. The predicted molar refractivity (Wildman–Crippen MR) is 64.6 cm³/mol. The molecule has 0 saturated heterocycles. The van der Waals surface area contributed by atoms with Gasteiger partial charge in [0.1, 0.15) is 5.76 Å². The molecule has 2 nitrogen and oxygen atoms in total. The molecule has 0 saturated carbocycles. The van der Waals surface area contributed by atoms with E-state index in [-0.39, 0.29) is 0 Å². The van der Waals surface area contributed by atoms with Crippen LogP contribution >= 0.6 is 0 Å². The Bertz CT molecular complexity index is 249. The Morgan fingerprint density at radius 3 is 2.93 bits per heavy atom. The summed E-state index contributed by atoms with van der Waals surface area (Å²) in [6.07, 6.45) is 6.81. The van der Waals surface area contributed by atoms with Crippen molar-refractivity contribution in [2.45, 2.75) is 46.5 Å². The Morgan fingerprint density at radius 1 is 1.40 bits per heavy atom. The minimum absolute atomic E-state index is 0.875. The average Bonchev–Trinajstić information content (AvgIpc) is 2.16. The van der Waals surface area contributed by atoms with Gasteiger partial charge in [0.05, 0.1) is 6.61 Å². The Kier molecular flexibility index (Phi) is 5.30. The highest BCUT2D eigenvalue weighted by Gasteiger charge is 2.06. The summed E-state index contributed by atoms with van der Waals surface area (Å²) in [6.45, 7) is 8.31. The van der Waals surface area contributed by atoms with E-state index in [1.165, 1.54) is 17.7 Å². The summed E-state index contributed by atoms with van der Waals surface area (Å²) in [5.41, 5.74) is 2.67. The number of hydrogen-bond acceptors (Lipinski definition) is 2. The quantitative estimate of drug-likeness (QED) is 0.720. The standard InChI is InChI=1S/C13H23NO/c1-11(2)7-6-8-13-12(3)15-10-5-4-9-14-13/h7,14H,4-6,8-10H2,1-3H3/b13-12-. The molecule has 86 valence electrons. The zero-order valence-corrected chi connectivity index (χ0v) is 10.2. The molecule has 0 aromatic rings. The van der Waals surface area contributed by atoms with Crippen molar-refractivity contribution in [3.05, 3.63) is 23.1 Å². The third-order valence-electron chi connectivity index (χ3n) is 2.60. The topological polar surface area (TPSA) is 21.3 Å². The summed E-state index contributed by atoms with van der Waals surface area (Å²) in [5, 5.41) is 3.47. The van der Waals surface area contributed by atoms with Gasteiger partial charge in [-0.1, -0.05) is 11.6 Å². The molecule has 0 aromatic heterocycles. The van der Waals surface area contributed by atoms with Crippen LogP contribution in [0, 0.1) is 0 Å². The normalized spacial score (nSPS) is 22.1. The van der Waals surface area contributed by atoms with Gasteiger partial charge in [0.15, 0.2) is 0 Å². The van der Waals surface area contributed by atoms with E-state index in [4.69, 9.17) is 4.74 Å². The summed E-state index contributed by atoms with van der Waals surface area (Å²) >= 11 is 0. The van der Waals surface area contributed by atoms with Crippen molar-refractivity contribution in [1.82, 2.24) is 5.32 Å². The van der Waals surface area contributed by atoms with Gasteiger partial charge in [0.25, 0.3) is 0 Å². The summed E-state index contributed by atoms with van der Waals surface area (Å²) in [7, 11) is 0. The molecule has 0 fully saturated rings. The van der Waals surface area contributed by atoms with Gasteiger partial charge in [0.2, 0.25) is 0 Å². The van der Waals surface area contributed by atoms with E-state index < -0.39 is 0 Å². The smallest absolute Gasteiger partial charge is 0.112 e. The fraction of sp³-hybridized carbons (Fsp3) is 0.692. The Hall–Kier alpha value is -0.920. The average molecular weight is 209 g/mol. The summed E-state index contributed by atoms with van der Waals surface area (Å²) in [4.78, 5) is 0. The van der Waals surface area contributed by atoms with Gasteiger partial charge in [-0.05, 0) is 46.5 Å². The lowest BCUT2D eigenvalue weighted by Crippen LogP contribution is -2.20. The number of allylic oxidation sites excluding steroid dienone is 4. The minimum Gasteiger partial charge on any atom is -0.496 e. The highest BCUT2D eigenvalue weighted by molar-refractivity contribution is 5.07. The number of nitrogens with one attached hydrogen (secondary N) is 1. The van der Waals surface area contributed by atoms with E-state index in [1.807, 2.05) is 0 Å². The maximum Gasteiger partial charge on any atom is 0.112 e. The molecule has 15 heavy (non-hydrogen) atoms. The molecule has 1 N–H and O–H groups in total. The molecule has 0 amide bonds. The Balaban J connectivity index is 2.47. The number of hydrogen-bond donors (Lipinski definition) is 1. The fourth-order valence-electron chi connectivity index (χ4n) is 1.67. The van der Waals surface area contributed by atoms with Crippen molar-refractivity contribution in [1.29, 1.82) is 0 Å². The molecule has 0 aromatic carbocycles. The van der Waals surface area contributed by atoms with Crippen LogP contribution in [0.5, 0.6) is 0 Å². The van der Waals surface area contributed by atoms with E-state index in [0.717, 1.165) is 38.2 Å². The van der Waals surface area contributed by atoms with Crippen LogP contribution in [0.1, 0.15) is 46.5 Å². The van der Waals surface area contributed by atoms with Gasteiger partial charge in [0, 0.05) is 12.2 Å². The van der Waals surface area contributed by atoms with E-state index >= 15 is 0 Å². The van der Waals surface area contributed by atoms with Crippen molar-refractivity contribution >= 4 is 0 Å². The fourth-order valence-corrected chi connectivity index (χ4v) is 1.67. The zero-order valence-electron chi connectivity index (χ0n) is 10.2. The van der Waals surface area contributed by atoms with Crippen molar-refractivity contribution in [2.75, 3.05) is 13.2 Å². The molecular weight excluding hydrogens is 186 g/mol. The summed E-state index contributed by atoms with van der Waals surface area (Å²) in [5.74, 6) is 1.08. The minimum atomic E-state index is 0.875.